The van der Waals surface area contributed by atoms with Gasteiger partial charge in [-0.15, -0.1) is 0 Å². The quantitative estimate of drug-likeness (QED) is 0.375. The Morgan fingerprint density at radius 3 is 2.83 bits per heavy atom. The summed E-state index contributed by atoms with van der Waals surface area (Å²) in [6.07, 6.45) is 4.75. The van der Waals surface area contributed by atoms with Crippen LogP contribution in [0.25, 0.3) is 22.0 Å². The number of amides is 1. The van der Waals surface area contributed by atoms with E-state index in [4.69, 9.17) is 4.74 Å². The first-order valence-corrected chi connectivity index (χ1v) is 12.1. The molecule has 0 radical (unpaired) electrons. The van der Waals surface area contributed by atoms with E-state index < -0.39 is 6.10 Å². The summed E-state index contributed by atoms with van der Waals surface area (Å²) < 4.78 is 6.19. The Labute approximate surface area is 209 Å². The number of aliphatic hydroxyl groups excluding tert-OH is 1. The van der Waals surface area contributed by atoms with Gasteiger partial charge >= 0.3 is 0 Å². The van der Waals surface area contributed by atoms with Gasteiger partial charge in [-0.05, 0) is 62.6 Å². The van der Waals surface area contributed by atoms with Crippen molar-refractivity contribution in [1.29, 1.82) is 5.26 Å². The van der Waals surface area contributed by atoms with Gasteiger partial charge in [-0.2, -0.15) is 10.4 Å². The summed E-state index contributed by atoms with van der Waals surface area (Å²) >= 11 is 0. The van der Waals surface area contributed by atoms with Crippen molar-refractivity contribution in [3.8, 4) is 22.9 Å². The van der Waals surface area contributed by atoms with Crippen molar-refractivity contribution in [3.05, 3.63) is 77.2 Å². The largest absolute Gasteiger partial charge is 0.490 e. The van der Waals surface area contributed by atoms with Gasteiger partial charge in [-0.3, -0.25) is 14.9 Å². The van der Waals surface area contributed by atoms with Crippen LogP contribution >= 0.6 is 0 Å². The van der Waals surface area contributed by atoms with Crippen LogP contribution in [0.4, 0.5) is 0 Å². The van der Waals surface area contributed by atoms with E-state index in [9.17, 15) is 15.2 Å². The van der Waals surface area contributed by atoms with Crippen LogP contribution in [0.3, 0.4) is 0 Å². The molecule has 36 heavy (non-hydrogen) atoms. The van der Waals surface area contributed by atoms with Gasteiger partial charge in [0.1, 0.15) is 5.75 Å². The highest BCUT2D eigenvalue weighted by Gasteiger charge is 2.26. The van der Waals surface area contributed by atoms with E-state index in [-0.39, 0.29) is 12.0 Å². The molecule has 5 rings (SSSR count). The maximum Gasteiger partial charge on any atom is 0.254 e. The lowest BCUT2D eigenvalue weighted by atomic mass is 10.00. The van der Waals surface area contributed by atoms with E-state index in [1.165, 1.54) is 0 Å². The molecule has 0 aliphatic heterocycles. The smallest absolute Gasteiger partial charge is 0.254 e. The van der Waals surface area contributed by atoms with Gasteiger partial charge < -0.3 is 14.7 Å². The number of hydrogen-bond acceptors (Lipinski definition) is 6. The van der Waals surface area contributed by atoms with Gasteiger partial charge in [-0.25, -0.2) is 0 Å². The Kier molecular flexibility index (Phi) is 6.40. The summed E-state index contributed by atoms with van der Waals surface area (Å²) in [6, 6.07) is 15.1. The number of carbonyl (C=O) groups excluding carboxylic acids is 1. The van der Waals surface area contributed by atoms with Crippen molar-refractivity contribution >= 4 is 16.8 Å². The molecule has 2 aromatic carbocycles. The number of hydrogen-bond donors (Lipinski definition) is 2. The fraction of sp³-hybridized carbons (Fsp3) is 0.286. The molecule has 4 aromatic rings. The monoisotopic (exact) mass is 481 g/mol. The molecule has 1 fully saturated rings. The van der Waals surface area contributed by atoms with Crippen molar-refractivity contribution in [2.45, 2.75) is 45.4 Å². The number of aromatic amines is 1. The zero-order valence-corrected chi connectivity index (χ0v) is 20.2. The van der Waals surface area contributed by atoms with Crippen molar-refractivity contribution in [1.82, 2.24) is 20.1 Å². The number of benzene rings is 2. The molecule has 0 spiro atoms. The molecule has 182 valence electrons. The number of fused-ring (bicyclic) bond motifs is 1. The minimum atomic E-state index is -0.722. The average Bonchev–Trinajstić information content (AvgIpc) is 3.57. The van der Waals surface area contributed by atoms with Crippen LogP contribution in [0.1, 0.15) is 60.0 Å². The molecular formula is C28H27N5O3. The van der Waals surface area contributed by atoms with Crippen LogP contribution in [-0.4, -0.2) is 43.7 Å². The highest BCUT2D eigenvalue weighted by Crippen LogP contribution is 2.36. The van der Waals surface area contributed by atoms with E-state index in [1.807, 2.05) is 31.2 Å². The van der Waals surface area contributed by atoms with Gasteiger partial charge in [0.15, 0.2) is 0 Å². The number of H-pyrrole nitrogens is 1. The molecule has 0 bridgehead atoms. The fourth-order valence-corrected chi connectivity index (χ4v) is 4.29. The zero-order valence-electron chi connectivity index (χ0n) is 20.2. The second-order valence-electron chi connectivity index (χ2n) is 9.04. The van der Waals surface area contributed by atoms with Gasteiger partial charge in [0.25, 0.3) is 5.91 Å². The van der Waals surface area contributed by atoms with Gasteiger partial charge in [-0.1, -0.05) is 12.1 Å². The Morgan fingerprint density at radius 2 is 2.11 bits per heavy atom. The summed E-state index contributed by atoms with van der Waals surface area (Å²) in [7, 11) is 0. The molecule has 1 aliphatic carbocycles. The molecule has 1 atom stereocenters. The summed E-state index contributed by atoms with van der Waals surface area (Å²) in [6.45, 7) is 4.43. The molecule has 2 heterocycles. The minimum Gasteiger partial charge on any atom is -0.490 e. The molecule has 8 heteroatoms. The molecule has 2 N–H and O–H groups in total. The number of ether oxygens (including phenoxy) is 1. The standard InChI is InChI=1S/C28H27N5O3/c1-3-33(16-21-14-30-26(17(2)34)24-15-31-32-27(21)24)28(35)20-7-10-23(25(12-20)36-22-8-9-22)19-6-4-5-18(11-19)13-29/h4-7,10-12,14-15,17,22,34H,3,8-9,16H2,1-2H3,(H,31,32). The zero-order chi connectivity index (χ0) is 25.2. The van der Waals surface area contributed by atoms with Crippen LogP contribution in [0.5, 0.6) is 5.75 Å². The minimum absolute atomic E-state index is 0.122. The lowest BCUT2D eigenvalue weighted by Gasteiger charge is -2.22. The molecule has 2 aromatic heterocycles. The maximum absolute atomic E-state index is 13.6. The second-order valence-corrected chi connectivity index (χ2v) is 9.04. The molecule has 1 unspecified atom stereocenters. The second kappa shape index (κ2) is 9.80. The van der Waals surface area contributed by atoms with Crippen molar-refractivity contribution in [2.75, 3.05) is 6.54 Å². The fourth-order valence-electron chi connectivity index (χ4n) is 4.29. The van der Waals surface area contributed by atoms with Crippen LogP contribution < -0.4 is 4.74 Å². The first kappa shape index (κ1) is 23.5. The van der Waals surface area contributed by atoms with E-state index in [0.29, 0.717) is 35.7 Å². The number of carbonyl (C=O) groups is 1. The average molecular weight is 482 g/mol. The summed E-state index contributed by atoms with van der Waals surface area (Å²) in [5.41, 5.74) is 4.97. The molecule has 0 saturated heterocycles. The van der Waals surface area contributed by atoms with Gasteiger partial charge in [0, 0.05) is 41.4 Å². The summed E-state index contributed by atoms with van der Waals surface area (Å²) in [4.78, 5) is 19.7. The third-order valence-electron chi connectivity index (χ3n) is 6.37. The third-order valence-corrected chi connectivity index (χ3v) is 6.37. The Hall–Kier alpha value is -4.22. The van der Waals surface area contributed by atoms with Crippen molar-refractivity contribution in [2.24, 2.45) is 0 Å². The number of nitrogens with zero attached hydrogens (tertiary/aromatic N) is 4. The number of aromatic nitrogens is 3. The lowest BCUT2D eigenvalue weighted by Crippen LogP contribution is -2.30. The van der Waals surface area contributed by atoms with Crippen molar-refractivity contribution in [3.63, 3.8) is 0 Å². The first-order valence-electron chi connectivity index (χ1n) is 12.1. The first-order chi connectivity index (χ1) is 17.5. The summed E-state index contributed by atoms with van der Waals surface area (Å²) in [5.74, 6) is 0.524. The Morgan fingerprint density at radius 1 is 1.28 bits per heavy atom. The van der Waals surface area contributed by atoms with Gasteiger partial charge in [0.05, 0.1) is 41.2 Å². The number of rotatable bonds is 8. The lowest BCUT2D eigenvalue weighted by molar-refractivity contribution is 0.0752. The summed E-state index contributed by atoms with van der Waals surface area (Å²) in [5, 5.41) is 27.2. The van der Waals surface area contributed by atoms with E-state index in [2.05, 4.69) is 21.3 Å². The van der Waals surface area contributed by atoms with E-state index in [0.717, 1.165) is 40.4 Å². The number of pyridine rings is 1. The van der Waals surface area contributed by atoms with Crippen LogP contribution in [0.15, 0.2) is 54.9 Å². The van der Waals surface area contributed by atoms with E-state index in [1.54, 1.807) is 42.4 Å². The molecule has 1 saturated carbocycles. The third kappa shape index (κ3) is 4.66. The van der Waals surface area contributed by atoms with Crippen LogP contribution in [0, 0.1) is 11.3 Å². The Balaban J connectivity index is 1.46. The molecule has 1 aliphatic rings. The highest BCUT2D eigenvalue weighted by molar-refractivity contribution is 5.96. The van der Waals surface area contributed by atoms with E-state index >= 15 is 0 Å². The molecule has 1 amide bonds. The predicted molar refractivity (Wildman–Crippen MR) is 135 cm³/mol. The SMILES string of the molecule is CCN(Cc1cnc(C(C)O)c2cn[nH]c12)C(=O)c1ccc(-c2cccc(C#N)c2)c(OC2CC2)c1. The van der Waals surface area contributed by atoms with Crippen LogP contribution in [0.2, 0.25) is 0 Å². The predicted octanol–water partition coefficient (Wildman–Crippen LogP) is 4.75. The molecule has 8 nitrogen and oxygen atoms in total. The number of nitrogens with one attached hydrogen (secondary N) is 1. The van der Waals surface area contributed by atoms with Crippen molar-refractivity contribution < 1.29 is 14.6 Å². The maximum atomic E-state index is 13.6. The Bertz CT molecular complexity index is 1470. The number of aliphatic hydroxyl groups is 1. The topological polar surface area (TPSA) is 115 Å². The number of nitriles is 1. The molecular weight excluding hydrogens is 454 g/mol. The normalized spacial score (nSPS) is 13.8. The van der Waals surface area contributed by atoms with Crippen LogP contribution in [-0.2, 0) is 6.54 Å². The highest BCUT2D eigenvalue weighted by atomic mass is 16.5. The van der Waals surface area contributed by atoms with Gasteiger partial charge in [0.2, 0.25) is 0 Å².